The van der Waals surface area contributed by atoms with Crippen LogP contribution in [-0.4, -0.2) is 13.1 Å². The van der Waals surface area contributed by atoms with Gasteiger partial charge in [-0.25, -0.2) is 0 Å². The van der Waals surface area contributed by atoms with Crippen molar-refractivity contribution in [1.29, 1.82) is 0 Å². The van der Waals surface area contributed by atoms with Gasteiger partial charge in [-0.15, -0.1) is 0 Å². The molecule has 0 saturated heterocycles. The number of hydrogen-bond acceptors (Lipinski definition) is 5. The Morgan fingerprint density at radius 1 is 1.03 bits per heavy atom. The van der Waals surface area contributed by atoms with Gasteiger partial charge in [0, 0.05) is 24.6 Å². The first-order valence-electron chi connectivity index (χ1n) is 9.95. The fourth-order valence-electron chi connectivity index (χ4n) is 3.57. The van der Waals surface area contributed by atoms with E-state index >= 15 is 0 Å². The van der Waals surface area contributed by atoms with Crippen LogP contribution in [-0.2, 0) is 17.8 Å². The number of rotatable bonds is 6. The minimum Gasteiger partial charge on any atom is -0.497 e. The van der Waals surface area contributed by atoms with Crippen LogP contribution >= 0.6 is 0 Å². The van der Waals surface area contributed by atoms with Gasteiger partial charge in [0.15, 0.2) is 0 Å². The minimum atomic E-state index is -0.369. The summed E-state index contributed by atoms with van der Waals surface area (Å²) in [4.78, 5) is 11.4. The van der Waals surface area contributed by atoms with Gasteiger partial charge >= 0.3 is 5.97 Å². The van der Waals surface area contributed by atoms with Gasteiger partial charge in [0.05, 0.1) is 7.11 Å². The van der Waals surface area contributed by atoms with Gasteiger partial charge in [-0.1, -0.05) is 36.4 Å². The van der Waals surface area contributed by atoms with E-state index in [2.05, 4.69) is 0 Å². The molecular formula is C25H24O5. The van der Waals surface area contributed by atoms with E-state index < -0.39 is 0 Å². The summed E-state index contributed by atoms with van der Waals surface area (Å²) < 4.78 is 23.0. The lowest BCUT2D eigenvalue weighted by Crippen LogP contribution is -2.16. The number of esters is 1. The number of carbonyl (C=O) groups is 1. The van der Waals surface area contributed by atoms with Crippen molar-refractivity contribution >= 4 is 5.97 Å². The summed E-state index contributed by atoms with van der Waals surface area (Å²) in [5.74, 6) is 2.32. The molecule has 0 aromatic heterocycles. The van der Waals surface area contributed by atoms with Crippen LogP contribution in [0.1, 0.15) is 36.1 Å². The van der Waals surface area contributed by atoms with E-state index in [1.807, 2.05) is 54.6 Å². The van der Waals surface area contributed by atoms with Crippen LogP contribution in [0.25, 0.3) is 0 Å². The molecule has 3 aromatic carbocycles. The molecular weight excluding hydrogens is 380 g/mol. The maximum Gasteiger partial charge on any atom is 0.308 e. The normalized spacial score (nSPS) is 14.9. The molecule has 5 heteroatoms. The molecule has 0 radical (unpaired) electrons. The summed E-state index contributed by atoms with van der Waals surface area (Å²) in [6.45, 7) is 1.79. The molecule has 154 valence electrons. The predicted octanol–water partition coefficient (Wildman–Crippen LogP) is 5.27. The number of methoxy groups -OCH3 is 1. The Hall–Kier alpha value is -3.47. The molecule has 1 aliphatic heterocycles. The summed E-state index contributed by atoms with van der Waals surface area (Å²) in [5, 5.41) is 0. The van der Waals surface area contributed by atoms with Gasteiger partial charge in [0.25, 0.3) is 0 Å². The molecule has 0 N–H and O–H groups in total. The molecule has 0 saturated carbocycles. The first-order chi connectivity index (χ1) is 14.6. The van der Waals surface area contributed by atoms with Gasteiger partial charge in [-0.3, -0.25) is 4.79 Å². The first kappa shape index (κ1) is 19.8. The average molecular weight is 404 g/mol. The number of aryl methyl sites for hydroxylation is 1. The highest BCUT2D eigenvalue weighted by Gasteiger charge is 2.25. The van der Waals surface area contributed by atoms with E-state index in [1.165, 1.54) is 6.92 Å². The van der Waals surface area contributed by atoms with Crippen LogP contribution in [0.15, 0.2) is 66.7 Å². The predicted molar refractivity (Wildman–Crippen MR) is 113 cm³/mol. The molecule has 0 bridgehead atoms. The third-order valence-electron chi connectivity index (χ3n) is 5.05. The van der Waals surface area contributed by atoms with Crippen molar-refractivity contribution in [3.63, 3.8) is 0 Å². The fraction of sp³-hybridized carbons (Fsp3) is 0.240. The summed E-state index contributed by atoms with van der Waals surface area (Å²) in [7, 11) is 1.64. The van der Waals surface area contributed by atoms with Crippen LogP contribution in [0.2, 0.25) is 0 Å². The second-order valence-corrected chi connectivity index (χ2v) is 7.19. The van der Waals surface area contributed by atoms with Crippen molar-refractivity contribution in [2.75, 3.05) is 7.11 Å². The molecule has 0 amide bonds. The molecule has 0 fully saturated rings. The second kappa shape index (κ2) is 8.91. The Labute approximate surface area is 176 Å². The zero-order valence-electron chi connectivity index (χ0n) is 17.1. The first-order valence-corrected chi connectivity index (χ1v) is 9.95. The largest absolute Gasteiger partial charge is 0.497 e. The summed E-state index contributed by atoms with van der Waals surface area (Å²) in [5.41, 5.74) is 3.15. The van der Waals surface area contributed by atoms with Gasteiger partial charge in [-0.2, -0.15) is 0 Å². The monoisotopic (exact) mass is 404 g/mol. The number of hydrogen-bond donors (Lipinski definition) is 0. The highest BCUT2D eigenvalue weighted by Crippen LogP contribution is 2.41. The summed E-state index contributed by atoms with van der Waals surface area (Å²) in [6, 6.07) is 21.3. The highest BCUT2D eigenvalue weighted by atomic mass is 16.5. The maximum absolute atomic E-state index is 11.4. The van der Waals surface area contributed by atoms with Gasteiger partial charge in [0.1, 0.15) is 35.7 Å². The Balaban J connectivity index is 1.61. The molecule has 0 aliphatic carbocycles. The molecule has 3 aromatic rings. The molecule has 30 heavy (non-hydrogen) atoms. The lowest BCUT2D eigenvalue weighted by molar-refractivity contribution is -0.131. The Kier molecular flexibility index (Phi) is 5.89. The van der Waals surface area contributed by atoms with E-state index in [9.17, 15) is 4.79 Å². The number of carbonyl (C=O) groups excluding carboxylic acids is 1. The fourth-order valence-corrected chi connectivity index (χ4v) is 3.57. The lowest BCUT2D eigenvalue weighted by atomic mass is 9.96. The Morgan fingerprint density at radius 3 is 2.60 bits per heavy atom. The van der Waals surface area contributed by atoms with Crippen molar-refractivity contribution in [2.24, 2.45) is 0 Å². The van der Waals surface area contributed by atoms with E-state index in [0.717, 1.165) is 41.0 Å². The molecule has 0 spiro atoms. The van der Waals surface area contributed by atoms with E-state index in [1.54, 1.807) is 19.2 Å². The van der Waals surface area contributed by atoms with Gasteiger partial charge in [0.2, 0.25) is 0 Å². The molecule has 1 aliphatic rings. The minimum absolute atomic E-state index is 0.165. The Morgan fingerprint density at radius 2 is 1.83 bits per heavy atom. The van der Waals surface area contributed by atoms with Crippen molar-refractivity contribution in [3.05, 3.63) is 83.4 Å². The molecule has 1 atom stereocenters. The van der Waals surface area contributed by atoms with Crippen LogP contribution < -0.4 is 18.9 Å². The standard InChI is InChI=1S/C25H24O5/c1-17(26)29-21-11-12-22(25(15-21)28-16-18-6-4-3-5-7-18)23-13-9-19-8-10-20(27-2)14-24(19)30-23/h3-8,10-12,14-15,23H,9,13,16H2,1-2H3. The summed E-state index contributed by atoms with van der Waals surface area (Å²) >= 11 is 0. The van der Waals surface area contributed by atoms with Crippen molar-refractivity contribution < 1.29 is 23.7 Å². The third-order valence-corrected chi connectivity index (χ3v) is 5.05. The van der Waals surface area contributed by atoms with Crippen LogP contribution in [0, 0.1) is 0 Å². The van der Waals surface area contributed by atoms with Crippen LogP contribution in [0.4, 0.5) is 0 Å². The third kappa shape index (κ3) is 4.57. The lowest BCUT2D eigenvalue weighted by Gasteiger charge is -2.28. The zero-order chi connectivity index (χ0) is 20.9. The van der Waals surface area contributed by atoms with Crippen molar-refractivity contribution in [1.82, 2.24) is 0 Å². The zero-order valence-corrected chi connectivity index (χ0v) is 17.1. The Bertz CT molecular complexity index is 1030. The average Bonchev–Trinajstić information content (AvgIpc) is 2.77. The topological polar surface area (TPSA) is 54.0 Å². The molecule has 1 unspecified atom stereocenters. The highest BCUT2D eigenvalue weighted by molar-refractivity contribution is 5.69. The van der Waals surface area contributed by atoms with E-state index in [4.69, 9.17) is 18.9 Å². The summed E-state index contributed by atoms with van der Waals surface area (Å²) in [6.07, 6.45) is 1.56. The van der Waals surface area contributed by atoms with E-state index in [0.29, 0.717) is 18.1 Å². The van der Waals surface area contributed by atoms with Crippen molar-refractivity contribution in [2.45, 2.75) is 32.5 Å². The number of benzene rings is 3. The number of fused-ring (bicyclic) bond motifs is 1. The maximum atomic E-state index is 11.4. The molecule has 4 rings (SSSR count). The second-order valence-electron chi connectivity index (χ2n) is 7.19. The quantitative estimate of drug-likeness (QED) is 0.414. The smallest absolute Gasteiger partial charge is 0.308 e. The number of ether oxygens (including phenoxy) is 4. The molecule has 1 heterocycles. The molecule has 5 nitrogen and oxygen atoms in total. The van der Waals surface area contributed by atoms with E-state index in [-0.39, 0.29) is 12.1 Å². The van der Waals surface area contributed by atoms with Crippen LogP contribution in [0.3, 0.4) is 0 Å². The SMILES string of the molecule is COc1ccc2c(c1)OC(c1ccc(OC(C)=O)cc1OCc1ccccc1)CC2. The van der Waals surface area contributed by atoms with Gasteiger partial charge in [-0.05, 0) is 42.2 Å². The van der Waals surface area contributed by atoms with Crippen LogP contribution in [0.5, 0.6) is 23.0 Å². The van der Waals surface area contributed by atoms with Crippen molar-refractivity contribution in [3.8, 4) is 23.0 Å². The van der Waals surface area contributed by atoms with Gasteiger partial charge < -0.3 is 18.9 Å².